The Morgan fingerprint density at radius 3 is 2.37 bits per heavy atom. The molecule has 3 rings (SSSR count). The first-order valence-corrected chi connectivity index (χ1v) is 9.65. The van der Waals surface area contributed by atoms with Crippen LogP contribution in [0.5, 0.6) is 0 Å². The van der Waals surface area contributed by atoms with Gasteiger partial charge in [0.15, 0.2) is 0 Å². The number of benzene rings is 2. The van der Waals surface area contributed by atoms with Gasteiger partial charge in [-0.3, -0.25) is 9.59 Å². The van der Waals surface area contributed by atoms with E-state index in [1.54, 1.807) is 0 Å². The summed E-state index contributed by atoms with van der Waals surface area (Å²) in [6, 6.07) is 17.5. The van der Waals surface area contributed by atoms with Gasteiger partial charge in [-0.05, 0) is 36.1 Å². The van der Waals surface area contributed by atoms with Gasteiger partial charge in [-0.1, -0.05) is 56.3 Å². The topological polar surface area (TPSA) is 49.4 Å². The van der Waals surface area contributed by atoms with Crippen LogP contribution in [-0.2, 0) is 4.79 Å². The minimum absolute atomic E-state index is 0.00616. The molecule has 0 aromatic heterocycles. The molecule has 0 bridgehead atoms. The largest absolute Gasteiger partial charge is 0.356 e. The van der Waals surface area contributed by atoms with Crippen molar-refractivity contribution in [1.82, 2.24) is 10.2 Å². The average Bonchev–Trinajstić information content (AvgIpc) is 3.11. The molecule has 4 heteroatoms. The van der Waals surface area contributed by atoms with E-state index in [1.807, 2.05) is 47.4 Å². The molecule has 4 nitrogen and oxygen atoms in total. The zero-order valence-corrected chi connectivity index (χ0v) is 16.3. The van der Waals surface area contributed by atoms with Crippen LogP contribution < -0.4 is 5.32 Å². The van der Waals surface area contributed by atoms with Crippen LogP contribution in [0.4, 0.5) is 0 Å². The van der Waals surface area contributed by atoms with E-state index in [-0.39, 0.29) is 23.7 Å². The Morgan fingerprint density at radius 2 is 1.70 bits per heavy atom. The molecule has 1 N–H and O–H groups in total. The van der Waals surface area contributed by atoms with Crippen LogP contribution in [0, 0.1) is 18.8 Å². The second-order valence-electron chi connectivity index (χ2n) is 7.78. The van der Waals surface area contributed by atoms with Crippen molar-refractivity contribution in [2.75, 3.05) is 19.6 Å². The predicted octanol–water partition coefficient (Wildman–Crippen LogP) is 3.62. The number of rotatable bonds is 5. The zero-order valence-electron chi connectivity index (χ0n) is 16.3. The summed E-state index contributed by atoms with van der Waals surface area (Å²) in [6.45, 7) is 7.91. The van der Waals surface area contributed by atoms with E-state index in [1.165, 1.54) is 0 Å². The van der Waals surface area contributed by atoms with Gasteiger partial charge in [0.05, 0.1) is 5.92 Å². The number of amides is 2. The highest BCUT2D eigenvalue weighted by Gasteiger charge is 2.40. The summed E-state index contributed by atoms with van der Waals surface area (Å²) >= 11 is 0. The molecule has 1 saturated heterocycles. The molecule has 142 valence electrons. The molecule has 2 aromatic rings. The SMILES string of the molecule is Cc1ccccc1C1CN(C(=O)c2ccccc2)CC1C(=O)NCC(C)C. The molecule has 0 radical (unpaired) electrons. The lowest BCUT2D eigenvalue weighted by molar-refractivity contribution is -0.125. The standard InChI is InChI=1S/C23H28N2O2/c1-16(2)13-24-22(26)21-15-25(23(27)18-10-5-4-6-11-18)14-20(21)19-12-8-7-9-17(19)3/h4-12,16,20-21H,13-15H2,1-3H3,(H,24,26). The van der Waals surface area contributed by atoms with Crippen LogP contribution in [-0.4, -0.2) is 36.3 Å². The minimum Gasteiger partial charge on any atom is -0.356 e. The molecule has 2 amide bonds. The second kappa shape index (κ2) is 8.38. The third-order valence-corrected chi connectivity index (χ3v) is 5.24. The predicted molar refractivity (Wildman–Crippen MR) is 108 cm³/mol. The normalized spacial score (nSPS) is 19.3. The van der Waals surface area contributed by atoms with E-state index in [2.05, 4.69) is 38.2 Å². The molecule has 1 aliphatic rings. The van der Waals surface area contributed by atoms with Crippen molar-refractivity contribution in [2.45, 2.75) is 26.7 Å². The van der Waals surface area contributed by atoms with Gasteiger partial charge in [-0.2, -0.15) is 0 Å². The second-order valence-corrected chi connectivity index (χ2v) is 7.78. The van der Waals surface area contributed by atoms with Crippen molar-refractivity contribution in [2.24, 2.45) is 11.8 Å². The number of hydrogen-bond acceptors (Lipinski definition) is 2. The van der Waals surface area contributed by atoms with Gasteiger partial charge in [-0.15, -0.1) is 0 Å². The highest BCUT2D eigenvalue weighted by Crippen LogP contribution is 2.35. The number of nitrogens with one attached hydrogen (secondary N) is 1. The molecule has 1 fully saturated rings. The smallest absolute Gasteiger partial charge is 0.253 e. The van der Waals surface area contributed by atoms with Crippen molar-refractivity contribution >= 4 is 11.8 Å². The quantitative estimate of drug-likeness (QED) is 0.881. The number of likely N-dealkylation sites (tertiary alicyclic amines) is 1. The Bertz CT molecular complexity index is 801. The maximum atomic E-state index is 12.9. The first-order valence-electron chi connectivity index (χ1n) is 9.65. The molecule has 2 unspecified atom stereocenters. The number of carbonyl (C=O) groups excluding carboxylic acids is 2. The molecule has 0 saturated carbocycles. The van der Waals surface area contributed by atoms with Crippen molar-refractivity contribution in [3.8, 4) is 0 Å². The van der Waals surface area contributed by atoms with E-state index in [4.69, 9.17) is 0 Å². The maximum Gasteiger partial charge on any atom is 0.253 e. The summed E-state index contributed by atoms with van der Waals surface area (Å²) in [5.41, 5.74) is 2.99. The lowest BCUT2D eigenvalue weighted by Crippen LogP contribution is -2.37. The Balaban J connectivity index is 1.85. The Hall–Kier alpha value is -2.62. The van der Waals surface area contributed by atoms with E-state index in [9.17, 15) is 9.59 Å². The fraction of sp³-hybridized carbons (Fsp3) is 0.391. The fourth-order valence-electron chi connectivity index (χ4n) is 3.75. The van der Waals surface area contributed by atoms with Crippen molar-refractivity contribution in [3.63, 3.8) is 0 Å². The Labute approximate surface area is 161 Å². The molecular formula is C23H28N2O2. The minimum atomic E-state index is -0.225. The van der Waals surface area contributed by atoms with Gasteiger partial charge in [0.2, 0.25) is 5.91 Å². The van der Waals surface area contributed by atoms with Gasteiger partial charge in [-0.25, -0.2) is 0 Å². The van der Waals surface area contributed by atoms with Crippen LogP contribution in [0.2, 0.25) is 0 Å². The zero-order chi connectivity index (χ0) is 19.4. The monoisotopic (exact) mass is 364 g/mol. The van der Waals surface area contributed by atoms with Crippen LogP contribution in [0.15, 0.2) is 54.6 Å². The highest BCUT2D eigenvalue weighted by atomic mass is 16.2. The van der Waals surface area contributed by atoms with Gasteiger partial charge >= 0.3 is 0 Å². The highest BCUT2D eigenvalue weighted by molar-refractivity contribution is 5.95. The maximum absolute atomic E-state index is 12.9. The van der Waals surface area contributed by atoms with Gasteiger partial charge in [0.25, 0.3) is 5.91 Å². The fourth-order valence-corrected chi connectivity index (χ4v) is 3.75. The third kappa shape index (κ3) is 4.38. The third-order valence-electron chi connectivity index (χ3n) is 5.24. The van der Waals surface area contributed by atoms with Gasteiger partial charge in [0.1, 0.15) is 0 Å². The van der Waals surface area contributed by atoms with Gasteiger partial charge < -0.3 is 10.2 Å². The number of nitrogens with zero attached hydrogens (tertiary/aromatic N) is 1. The molecule has 1 aliphatic heterocycles. The Morgan fingerprint density at radius 1 is 1.04 bits per heavy atom. The van der Waals surface area contributed by atoms with Crippen molar-refractivity contribution in [3.05, 3.63) is 71.3 Å². The average molecular weight is 364 g/mol. The molecule has 27 heavy (non-hydrogen) atoms. The first-order chi connectivity index (χ1) is 13.0. The number of carbonyl (C=O) groups is 2. The van der Waals surface area contributed by atoms with Crippen LogP contribution >= 0.6 is 0 Å². The van der Waals surface area contributed by atoms with E-state index < -0.39 is 0 Å². The van der Waals surface area contributed by atoms with E-state index >= 15 is 0 Å². The van der Waals surface area contributed by atoms with Crippen molar-refractivity contribution < 1.29 is 9.59 Å². The lowest BCUT2D eigenvalue weighted by Gasteiger charge is -2.20. The molecule has 2 aromatic carbocycles. The summed E-state index contributed by atoms with van der Waals surface area (Å²) in [6.07, 6.45) is 0. The Kier molecular flexibility index (Phi) is 5.94. The summed E-state index contributed by atoms with van der Waals surface area (Å²) in [7, 11) is 0. The summed E-state index contributed by atoms with van der Waals surface area (Å²) < 4.78 is 0. The number of aryl methyl sites for hydroxylation is 1. The van der Waals surface area contributed by atoms with Crippen LogP contribution in [0.25, 0.3) is 0 Å². The summed E-state index contributed by atoms with van der Waals surface area (Å²) in [5, 5.41) is 3.07. The van der Waals surface area contributed by atoms with Crippen molar-refractivity contribution in [1.29, 1.82) is 0 Å². The lowest BCUT2D eigenvalue weighted by atomic mass is 9.86. The first kappa shape index (κ1) is 19.2. The molecule has 0 aliphatic carbocycles. The van der Waals surface area contributed by atoms with Gasteiger partial charge in [0, 0.05) is 31.1 Å². The van der Waals surface area contributed by atoms with Crippen LogP contribution in [0.3, 0.4) is 0 Å². The van der Waals surface area contributed by atoms with Crippen LogP contribution in [0.1, 0.15) is 41.3 Å². The van der Waals surface area contributed by atoms with E-state index in [0.717, 1.165) is 11.1 Å². The summed E-state index contributed by atoms with van der Waals surface area (Å²) in [5.74, 6) is 0.228. The van der Waals surface area contributed by atoms with E-state index in [0.29, 0.717) is 31.1 Å². The molecule has 1 heterocycles. The molecular weight excluding hydrogens is 336 g/mol. The number of hydrogen-bond donors (Lipinski definition) is 1. The summed E-state index contributed by atoms with van der Waals surface area (Å²) in [4.78, 5) is 27.7. The molecule has 0 spiro atoms. The molecule has 2 atom stereocenters.